The minimum Gasteiger partial charge on any atom is -0.494 e. The number of hydrogen-bond donors (Lipinski definition) is 3. The van der Waals surface area contributed by atoms with Gasteiger partial charge in [0.2, 0.25) is 0 Å². The van der Waals surface area contributed by atoms with Gasteiger partial charge < -0.3 is 15.5 Å². The molecule has 0 radical (unpaired) electrons. The Morgan fingerprint density at radius 2 is 2.10 bits per heavy atom. The Bertz CT molecular complexity index is 634. The number of nitrogen functional groups attached to an aromatic ring is 1. The lowest BCUT2D eigenvalue weighted by molar-refractivity contribution is 0.102. The van der Waals surface area contributed by atoms with Crippen LogP contribution in [-0.4, -0.2) is 18.0 Å². The van der Waals surface area contributed by atoms with Gasteiger partial charge in [-0.1, -0.05) is 0 Å². The highest BCUT2D eigenvalue weighted by atomic mass is 19.1. The van der Waals surface area contributed by atoms with E-state index in [0.29, 0.717) is 11.4 Å². The zero-order valence-electron chi connectivity index (χ0n) is 10.7. The van der Waals surface area contributed by atoms with Crippen LogP contribution in [0.2, 0.25) is 0 Å². The van der Waals surface area contributed by atoms with Crippen LogP contribution >= 0.6 is 0 Å². The van der Waals surface area contributed by atoms with Gasteiger partial charge in [0.1, 0.15) is 5.69 Å². The molecule has 1 heterocycles. The first-order valence-electron chi connectivity index (χ1n) is 5.71. The standard InChI is InChI=1S/C13H13FN4O2/c1-20-12-7-8(2-3-10(12)14)17-13(19)11-6-9(18-15)4-5-16-11/h2-7H,15H2,1H3,(H,16,18)(H,17,19). The van der Waals surface area contributed by atoms with Gasteiger partial charge in [-0.05, 0) is 24.3 Å². The fourth-order valence-corrected chi connectivity index (χ4v) is 1.58. The van der Waals surface area contributed by atoms with Crippen LogP contribution in [0.4, 0.5) is 15.8 Å². The van der Waals surface area contributed by atoms with Gasteiger partial charge in [-0.25, -0.2) is 4.39 Å². The zero-order valence-corrected chi connectivity index (χ0v) is 10.7. The Morgan fingerprint density at radius 3 is 2.80 bits per heavy atom. The first kappa shape index (κ1) is 13.8. The van der Waals surface area contributed by atoms with E-state index in [1.807, 2.05) is 0 Å². The average Bonchev–Trinajstić information content (AvgIpc) is 2.49. The van der Waals surface area contributed by atoms with E-state index < -0.39 is 11.7 Å². The fraction of sp³-hybridized carbons (Fsp3) is 0.0769. The summed E-state index contributed by atoms with van der Waals surface area (Å²) >= 11 is 0. The van der Waals surface area contributed by atoms with Gasteiger partial charge in [0, 0.05) is 18.0 Å². The lowest BCUT2D eigenvalue weighted by atomic mass is 10.2. The number of rotatable bonds is 4. The second kappa shape index (κ2) is 5.98. The lowest BCUT2D eigenvalue weighted by Crippen LogP contribution is -2.15. The number of pyridine rings is 1. The second-order valence-electron chi connectivity index (χ2n) is 3.88. The number of benzene rings is 1. The smallest absolute Gasteiger partial charge is 0.274 e. The summed E-state index contributed by atoms with van der Waals surface area (Å²) in [5, 5.41) is 2.59. The van der Waals surface area contributed by atoms with Gasteiger partial charge in [0.15, 0.2) is 11.6 Å². The molecule has 1 amide bonds. The molecule has 2 aromatic rings. The SMILES string of the molecule is COc1cc(NC(=O)c2cc(NN)ccn2)ccc1F. The largest absolute Gasteiger partial charge is 0.494 e. The minimum absolute atomic E-state index is 0.0492. The quantitative estimate of drug-likeness (QED) is 0.585. The minimum atomic E-state index is -0.502. The van der Waals surface area contributed by atoms with E-state index in [4.69, 9.17) is 10.6 Å². The maximum absolute atomic E-state index is 13.3. The molecule has 0 aliphatic rings. The van der Waals surface area contributed by atoms with E-state index in [2.05, 4.69) is 15.7 Å². The van der Waals surface area contributed by atoms with Crippen molar-refractivity contribution < 1.29 is 13.9 Å². The Hall–Kier alpha value is -2.67. The van der Waals surface area contributed by atoms with Crippen molar-refractivity contribution in [3.63, 3.8) is 0 Å². The number of carbonyl (C=O) groups excluding carboxylic acids is 1. The third-order valence-corrected chi connectivity index (χ3v) is 2.57. The normalized spacial score (nSPS) is 9.95. The van der Waals surface area contributed by atoms with Crippen LogP contribution in [0.5, 0.6) is 5.75 Å². The number of aromatic nitrogens is 1. The summed E-state index contributed by atoms with van der Waals surface area (Å²) in [4.78, 5) is 15.9. The molecule has 104 valence electrons. The molecular formula is C13H13FN4O2. The average molecular weight is 276 g/mol. The van der Waals surface area contributed by atoms with E-state index in [-0.39, 0.29) is 11.4 Å². The summed E-state index contributed by atoms with van der Waals surface area (Å²) in [6.45, 7) is 0. The fourth-order valence-electron chi connectivity index (χ4n) is 1.58. The number of hydrogen-bond acceptors (Lipinski definition) is 5. The molecule has 0 saturated carbocycles. The Morgan fingerprint density at radius 1 is 1.30 bits per heavy atom. The molecule has 2 rings (SSSR count). The topological polar surface area (TPSA) is 89.3 Å². The van der Waals surface area contributed by atoms with Gasteiger partial charge in [-0.2, -0.15) is 0 Å². The Kier molecular flexibility index (Phi) is 4.11. The van der Waals surface area contributed by atoms with Gasteiger partial charge >= 0.3 is 0 Å². The molecule has 0 aliphatic heterocycles. The van der Waals surface area contributed by atoms with E-state index in [0.717, 1.165) is 0 Å². The lowest BCUT2D eigenvalue weighted by Gasteiger charge is -2.08. The third-order valence-electron chi connectivity index (χ3n) is 2.57. The summed E-state index contributed by atoms with van der Waals surface area (Å²) in [5.74, 6) is 4.37. The zero-order chi connectivity index (χ0) is 14.5. The van der Waals surface area contributed by atoms with Gasteiger partial charge in [-0.15, -0.1) is 0 Å². The molecule has 0 atom stereocenters. The summed E-state index contributed by atoms with van der Waals surface area (Å²) in [7, 11) is 1.35. The summed E-state index contributed by atoms with van der Waals surface area (Å²) < 4.78 is 18.1. The molecule has 1 aromatic heterocycles. The van der Waals surface area contributed by atoms with Crippen LogP contribution < -0.4 is 21.3 Å². The van der Waals surface area contributed by atoms with Crippen LogP contribution in [0.1, 0.15) is 10.5 Å². The highest BCUT2D eigenvalue weighted by Crippen LogP contribution is 2.21. The second-order valence-corrected chi connectivity index (χ2v) is 3.88. The molecule has 0 fully saturated rings. The summed E-state index contributed by atoms with van der Waals surface area (Å²) in [6.07, 6.45) is 1.45. The molecular weight excluding hydrogens is 263 g/mol. The monoisotopic (exact) mass is 276 g/mol. The van der Waals surface area contributed by atoms with Gasteiger partial charge in [0.05, 0.1) is 12.8 Å². The van der Waals surface area contributed by atoms with E-state index in [1.54, 1.807) is 6.07 Å². The number of ether oxygens (including phenoxy) is 1. The van der Waals surface area contributed by atoms with Crippen molar-refractivity contribution in [1.82, 2.24) is 4.98 Å². The summed E-state index contributed by atoms with van der Waals surface area (Å²) in [6, 6.07) is 7.15. The van der Waals surface area contributed by atoms with Crippen molar-refractivity contribution in [3.8, 4) is 5.75 Å². The number of halogens is 1. The molecule has 1 aromatic carbocycles. The Balaban J connectivity index is 2.18. The van der Waals surface area contributed by atoms with Crippen molar-refractivity contribution in [1.29, 1.82) is 0 Å². The van der Waals surface area contributed by atoms with Gasteiger partial charge in [-0.3, -0.25) is 15.6 Å². The molecule has 0 aliphatic carbocycles. The molecule has 6 nitrogen and oxygen atoms in total. The van der Waals surface area contributed by atoms with Crippen molar-refractivity contribution in [2.24, 2.45) is 5.84 Å². The third kappa shape index (κ3) is 3.01. The van der Waals surface area contributed by atoms with Crippen molar-refractivity contribution in [2.75, 3.05) is 17.9 Å². The van der Waals surface area contributed by atoms with Crippen molar-refractivity contribution >= 4 is 17.3 Å². The van der Waals surface area contributed by atoms with E-state index >= 15 is 0 Å². The molecule has 0 spiro atoms. The van der Waals surface area contributed by atoms with Crippen LogP contribution in [0.15, 0.2) is 36.5 Å². The molecule has 4 N–H and O–H groups in total. The number of hydrazine groups is 1. The summed E-state index contributed by atoms with van der Waals surface area (Å²) in [5.41, 5.74) is 3.57. The van der Waals surface area contributed by atoms with Crippen molar-refractivity contribution in [2.45, 2.75) is 0 Å². The molecule has 20 heavy (non-hydrogen) atoms. The van der Waals surface area contributed by atoms with Crippen LogP contribution in [0, 0.1) is 5.82 Å². The highest BCUT2D eigenvalue weighted by molar-refractivity contribution is 6.03. The number of nitrogens with two attached hydrogens (primary N) is 1. The van der Waals surface area contributed by atoms with Crippen LogP contribution in [0.3, 0.4) is 0 Å². The number of amides is 1. The van der Waals surface area contributed by atoms with E-state index in [9.17, 15) is 9.18 Å². The van der Waals surface area contributed by atoms with Gasteiger partial charge in [0.25, 0.3) is 5.91 Å². The number of carbonyl (C=O) groups is 1. The van der Waals surface area contributed by atoms with Crippen molar-refractivity contribution in [3.05, 3.63) is 48.0 Å². The molecule has 0 bridgehead atoms. The van der Waals surface area contributed by atoms with E-state index in [1.165, 1.54) is 37.6 Å². The highest BCUT2D eigenvalue weighted by Gasteiger charge is 2.10. The first-order valence-corrected chi connectivity index (χ1v) is 5.71. The van der Waals surface area contributed by atoms with Crippen LogP contribution in [-0.2, 0) is 0 Å². The molecule has 0 unspecified atom stereocenters. The predicted molar refractivity (Wildman–Crippen MR) is 73.0 cm³/mol. The Labute approximate surface area is 114 Å². The predicted octanol–water partition coefficient (Wildman–Crippen LogP) is 1.77. The number of nitrogens with zero attached hydrogens (tertiary/aromatic N) is 1. The molecule has 0 saturated heterocycles. The number of nitrogens with one attached hydrogen (secondary N) is 2. The number of methoxy groups -OCH3 is 1. The van der Waals surface area contributed by atoms with Crippen LogP contribution in [0.25, 0.3) is 0 Å². The maximum atomic E-state index is 13.3. The maximum Gasteiger partial charge on any atom is 0.274 e. The number of anilines is 2. The molecule has 7 heteroatoms. The first-order chi connectivity index (χ1) is 9.63.